The summed E-state index contributed by atoms with van der Waals surface area (Å²) in [6, 6.07) is 0. The van der Waals surface area contributed by atoms with E-state index < -0.39 is 10.0 Å². The Bertz CT molecular complexity index is 540. The van der Waals surface area contributed by atoms with E-state index in [2.05, 4.69) is 72.4 Å². The van der Waals surface area contributed by atoms with Crippen LogP contribution in [0.2, 0.25) is 0 Å². The average molecular weight is 366 g/mol. The summed E-state index contributed by atoms with van der Waals surface area (Å²) in [6.45, 7) is 2.68. The largest absolute Gasteiger partial charge is 0.215 e. The molecule has 0 aromatic carbocycles. The molecule has 0 bridgehead atoms. The van der Waals surface area contributed by atoms with Crippen molar-refractivity contribution in [2.75, 3.05) is 12.8 Å². The van der Waals surface area contributed by atoms with Gasteiger partial charge in [-0.2, -0.15) is 0 Å². The van der Waals surface area contributed by atoms with Crippen LogP contribution in [0, 0.1) is 0 Å². The van der Waals surface area contributed by atoms with Crippen LogP contribution in [0.3, 0.4) is 0 Å². The van der Waals surface area contributed by atoms with Crippen LogP contribution >= 0.6 is 0 Å². The minimum atomic E-state index is -3.04. The number of nitrogens with one attached hydrogen (secondary N) is 1. The molecule has 0 amide bonds. The highest BCUT2D eigenvalue weighted by Crippen LogP contribution is 1.99. The normalized spacial score (nSPS) is 13.5. The first-order valence-electron chi connectivity index (χ1n) is 9.26. The molecular formula is C21H35NO2S. The Labute approximate surface area is 155 Å². The summed E-state index contributed by atoms with van der Waals surface area (Å²) in [5.41, 5.74) is 0. The van der Waals surface area contributed by atoms with Gasteiger partial charge >= 0.3 is 0 Å². The standard InChI is InChI=1S/C21H35NO2S/c1-3-4-5-6-7-8-9-10-11-12-13-14-15-16-17-18-19-20-21-22-25(2,23)24/h4-5,7-8,10-11,13-14,16-17,22H,3,6,9,12,15,18-21H2,1-2H3/b5-4-,8-7-,11-10-,14-13-,17-16-. The van der Waals surface area contributed by atoms with E-state index >= 15 is 0 Å². The van der Waals surface area contributed by atoms with Gasteiger partial charge in [-0.1, -0.05) is 67.7 Å². The van der Waals surface area contributed by atoms with Crippen molar-refractivity contribution < 1.29 is 8.42 Å². The second-order valence-electron chi connectivity index (χ2n) is 5.87. The van der Waals surface area contributed by atoms with Crippen LogP contribution in [-0.4, -0.2) is 21.2 Å². The fourth-order valence-corrected chi connectivity index (χ4v) is 2.53. The number of hydrogen-bond donors (Lipinski definition) is 1. The summed E-state index contributed by atoms with van der Waals surface area (Å²) in [6.07, 6.45) is 31.0. The lowest BCUT2D eigenvalue weighted by Crippen LogP contribution is -2.22. The van der Waals surface area contributed by atoms with E-state index in [0.717, 1.165) is 51.4 Å². The molecule has 0 saturated carbocycles. The Morgan fingerprint density at radius 2 is 1.12 bits per heavy atom. The molecule has 0 rings (SSSR count). The van der Waals surface area contributed by atoms with Crippen LogP contribution in [0.1, 0.15) is 58.3 Å². The molecule has 142 valence electrons. The Kier molecular flexibility index (Phi) is 16.5. The third kappa shape index (κ3) is 22.6. The predicted molar refractivity (Wildman–Crippen MR) is 111 cm³/mol. The van der Waals surface area contributed by atoms with Crippen molar-refractivity contribution >= 4 is 10.0 Å². The van der Waals surface area contributed by atoms with Crippen LogP contribution in [0.25, 0.3) is 0 Å². The van der Waals surface area contributed by atoms with E-state index in [4.69, 9.17) is 0 Å². The fourth-order valence-electron chi connectivity index (χ4n) is 2.01. The highest BCUT2D eigenvalue weighted by Gasteiger charge is 1.97. The summed E-state index contributed by atoms with van der Waals surface area (Å²) in [5.74, 6) is 0. The second kappa shape index (κ2) is 17.4. The average Bonchev–Trinajstić information content (AvgIpc) is 2.56. The van der Waals surface area contributed by atoms with Crippen molar-refractivity contribution in [3.63, 3.8) is 0 Å². The van der Waals surface area contributed by atoms with Crippen molar-refractivity contribution in [2.24, 2.45) is 0 Å². The second-order valence-corrected chi connectivity index (χ2v) is 7.70. The van der Waals surface area contributed by atoms with E-state index in [-0.39, 0.29) is 0 Å². The summed E-state index contributed by atoms with van der Waals surface area (Å²) in [7, 11) is -3.04. The molecule has 0 aliphatic rings. The van der Waals surface area contributed by atoms with Crippen LogP contribution in [-0.2, 0) is 10.0 Å². The first-order valence-corrected chi connectivity index (χ1v) is 11.1. The first kappa shape index (κ1) is 23.6. The predicted octanol–water partition coefficient (Wildman–Crippen LogP) is 5.46. The number of unbranched alkanes of at least 4 members (excludes halogenated alkanes) is 2. The van der Waals surface area contributed by atoms with Crippen molar-refractivity contribution in [3.8, 4) is 0 Å². The molecule has 0 aromatic rings. The van der Waals surface area contributed by atoms with Gasteiger partial charge in [0.25, 0.3) is 0 Å². The van der Waals surface area contributed by atoms with E-state index in [9.17, 15) is 8.42 Å². The zero-order valence-corrected chi connectivity index (χ0v) is 16.7. The SMILES string of the molecule is CC/C=C\C/C=C\C/C=C\C/C=C\C/C=C\CCCCNS(C)(=O)=O. The molecule has 0 aromatic heterocycles. The van der Waals surface area contributed by atoms with E-state index in [0.29, 0.717) is 6.54 Å². The van der Waals surface area contributed by atoms with Gasteiger partial charge in [0.1, 0.15) is 0 Å². The molecule has 0 aliphatic heterocycles. The highest BCUT2D eigenvalue weighted by molar-refractivity contribution is 7.88. The van der Waals surface area contributed by atoms with Gasteiger partial charge in [-0.25, -0.2) is 13.1 Å². The van der Waals surface area contributed by atoms with Crippen molar-refractivity contribution in [1.29, 1.82) is 0 Å². The molecule has 3 nitrogen and oxygen atoms in total. The molecule has 0 fully saturated rings. The zero-order valence-electron chi connectivity index (χ0n) is 15.9. The van der Waals surface area contributed by atoms with Gasteiger partial charge in [0.05, 0.1) is 6.26 Å². The van der Waals surface area contributed by atoms with Crippen molar-refractivity contribution in [3.05, 3.63) is 60.8 Å². The summed E-state index contributed by atoms with van der Waals surface area (Å²) >= 11 is 0. The monoisotopic (exact) mass is 365 g/mol. The quantitative estimate of drug-likeness (QED) is 0.309. The maximum Gasteiger partial charge on any atom is 0.208 e. The van der Waals surface area contributed by atoms with E-state index in [1.807, 2.05) is 0 Å². The minimum absolute atomic E-state index is 0.531. The van der Waals surface area contributed by atoms with Gasteiger partial charge in [0.15, 0.2) is 0 Å². The maximum absolute atomic E-state index is 10.9. The Hall–Kier alpha value is -1.39. The summed E-state index contributed by atoms with van der Waals surface area (Å²) < 4.78 is 24.2. The molecule has 25 heavy (non-hydrogen) atoms. The number of rotatable bonds is 15. The van der Waals surface area contributed by atoms with Crippen LogP contribution in [0.4, 0.5) is 0 Å². The van der Waals surface area contributed by atoms with Crippen molar-refractivity contribution in [2.45, 2.75) is 58.3 Å². The Morgan fingerprint density at radius 1 is 0.680 bits per heavy atom. The van der Waals surface area contributed by atoms with Gasteiger partial charge < -0.3 is 0 Å². The Morgan fingerprint density at radius 3 is 1.56 bits per heavy atom. The maximum atomic E-state index is 10.9. The van der Waals surface area contributed by atoms with Gasteiger partial charge in [-0.3, -0.25) is 0 Å². The molecule has 0 heterocycles. The van der Waals surface area contributed by atoms with Crippen molar-refractivity contribution in [1.82, 2.24) is 4.72 Å². The molecule has 0 radical (unpaired) electrons. The topological polar surface area (TPSA) is 46.2 Å². The molecule has 0 unspecified atom stereocenters. The summed E-state index contributed by atoms with van der Waals surface area (Å²) in [4.78, 5) is 0. The summed E-state index contributed by atoms with van der Waals surface area (Å²) in [5, 5.41) is 0. The van der Waals surface area contributed by atoms with E-state index in [1.165, 1.54) is 6.26 Å². The lowest BCUT2D eigenvalue weighted by Gasteiger charge is -1.99. The zero-order chi connectivity index (χ0) is 18.6. The fraction of sp³-hybridized carbons (Fsp3) is 0.524. The molecule has 0 spiro atoms. The molecule has 0 saturated heterocycles. The highest BCUT2D eigenvalue weighted by atomic mass is 32.2. The third-order valence-electron chi connectivity index (χ3n) is 3.32. The first-order chi connectivity index (χ1) is 12.1. The molecule has 0 atom stereocenters. The van der Waals surface area contributed by atoms with Gasteiger partial charge in [0, 0.05) is 6.54 Å². The van der Waals surface area contributed by atoms with Gasteiger partial charge in [-0.15, -0.1) is 0 Å². The smallest absolute Gasteiger partial charge is 0.208 e. The van der Waals surface area contributed by atoms with Crippen LogP contribution in [0.15, 0.2) is 60.8 Å². The number of allylic oxidation sites excluding steroid dienone is 10. The number of hydrogen-bond acceptors (Lipinski definition) is 2. The van der Waals surface area contributed by atoms with Gasteiger partial charge in [-0.05, 0) is 51.4 Å². The number of sulfonamides is 1. The molecular weight excluding hydrogens is 330 g/mol. The molecule has 1 N–H and O–H groups in total. The van der Waals surface area contributed by atoms with Gasteiger partial charge in [0.2, 0.25) is 10.0 Å². The minimum Gasteiger partial charge on any atom is -0.215 e. The Balaban J connectivity index is 3.47. The van der Waals surface area contributed by atoms with E-state index in [1.54, 1.807) is 0 Å². The third-order valence-corrected chi connectivity index (χ3v) is 4.05. The lowest BCUT2D eigenvalue weighted by atomic mass is 10.2. The molecule has 4 heteroatoms. The lowest BCUT2D eigenvalue weighted by molar-refractivity contribution is 0.583. The molecule has 0 aliphatic carbocycles. The van der Waals surface area contributed by atoms with Crippen LogP contribution in [0.5, 0.6) is 0 Å². The van der Waals surface area contributed by atoms with Crippen LogP contribution < -0.4 is 4.72 Å².